The molecule has 1 fully saturated rings. The second kappa shape index (κ2) is 7.21. The molecule has 2 atom stereocenters. The number of likely N-dealkylation sites (N-methyl/N-ethyl adjacent to an activating group) is 1. The lowest BCUT2D eigenvalue weighted by Crippen LogP contribution is -2.38. The highest BCUT2D eigenvalue weighted by Crippen LogP contribution is 2.24. The van der Waals surface area contributed by atoms with E-state index in [4.69, 9.17) is 9.68 Å². The van der Waals surface area contributed by atoms with Crippen molar-refractivity contribution in [2.24, 2.45) is 0 Å². The van der Waals surface area contributed by atoms with Crippen molar-refractivity contribution in [3.63, 3.8) is 0 Å². The summed E-state index contributed by atoms with van der Waals surface area (Å²) in [6.45, 7) is 2.54. The average molecular weight is 334 g/mol. The largest absolute Gasteiger partial charge is 0.449 e. The van der Waals surface area contributed by atoms with Crippen molar-refractivity contribution in [1.82, 2.24) is 14.8 Å². The van der Waals surface area contributed by atoms with Crippen molar-refractivity contribution >= 4 is 11.3 Å². The fourth-order valence-corrected chi connectivity index (χ4v) is 3.67. The van der Waals surface area contributed by atoms with Gasteiger partial charge in [0.15, 0.2) is 0 Å². The van der Waals surface area contributed by atoms with Crippen molar-refractivity contribution in [3.8, 4) is 6.07 Å². The quantitative estimate of drug-likeness (QED) is 0.813. The van der Waals surface area contributed by atoms with Crippen LogP contribution in [0.5, 0.6) is 0 Å². The number of likely N-dealkylation sites (tertiary alicyclic amines) is 1. The Morgan fingerprint density at radius 2 is 2.43 bits per heavy atom. The van der Waals surface area contributed by atoms with Gasteiger partial charge in [0.2, 0.25) is 5.76 Å². The second-order valence-corrected chi connectivity index (χ2v) is 6.90. The van der Waals surface area contributed by atoms with Crippen molar-refractivity contribution in [2.45, 2.75) is 31.7 Å². The molecule has 0 spiro atoms. The maximum absolute atomic E-state index is 13.8. The molecule has 0 amide bonds. The lowest BCUT2D eigenvalue weighted by molar-refractivity contribution is 0.174. The van der Waals surface area contributed by atoms with E-state index in [-0.39, 0.29) is 6.04 Å². The maximum atomic E-state index is 13.8. The number of hydrogen-bond acceptors (Lipinski definition) is 6. The Balaban J connectivity index is 1.57. The minimum absolute atomic E-state index is 0.171. The van der Waals surface area contributed by atoms with Gasteiger partial charge in [0, 0.05) is 30.7 Å². The highest BCUT2D eigenvalue weighted by Gasteiger charge is 2.33. The average Bonchev–Trinajstić information content (AvgIpc) is 3.22. The summed E-state index contributed by atoms with van der Waals surface area (Å²) >= 11 is 1.61. The molecule has 0 N–H and O–H groups in total. The summed E-state index contributed by atoms with van der Waals surface area (Å²) in [6.07, 6.45) is 1.56. The van der Waals surface area contributed by atoms with Gasteiger partial charge in [-0.25, -0.2) is 9.37 Å². The maximum Gasteiger partial charge on any atom is 0.203 e. The van der Waals surface area contributed by atoms with E-state index in [0.717, 1.165) is 17.3 Å². The zero-order chi connectivity index (χ0) is 16.2. The molecule has 7 heteroatoms. The molecule has 0 aromatic carbocycles. The van der Waals surface area contributed by atoms with Crippen LogP contribution in [0.25, 0.3) is 0 Å². The molecule has 23 heavy (non-hydrogen) atoms. The van der Waals surface area contributed by atoms with Crippen molar-refractivity contribution in [3.05, 3.63) is 40.2 Å². The molecule has 0 unspecified atom stereocenters. The first-order valence-corrected chi connectivity index (χ1v) is 8.46. The zero-order valence-electron chi connectivity index (χ0n) is 13.0. The first-order valence-electron chi connectivity index (χ1n) is 7.58. The predicted octanol–water partition coefficient (Wildman–Crippen LogP) is 2.65. The van der Waals surface area contributed by atoms with Gasteiger partial charge in [-0.15, -0.1) is 11.3 Å². The van der Waals surface area contributed by atoms with Crippen molar-refractivity contribution < 1.29 is 8.81 Å². The van der Waals surface area contributed by atoms with Crippen LogP contribution in [0.3, 0.4) is 0 Å². The summed E-state index contributed by atoms with van der Waals surface area (Å²) in [6, 6.07) is 5.64. The van der Waals surface area contributed by atoms with Gasteiger partial charge in [0.1, 0.15) is 23.0 Å². The Morgan fingerprint density at radius 3 is 3.13 bits per heavy atom. The third-order valence-corrected chi connectivity index (χ3v) is 4.78. The molecule has 0 aliphatic carbocycles. The van der Waals surface area contributed by atoms with Gasteiger partial charge in [0.05, 0.1) is 13.1 Å². The van der Waals surface area contributed by atoms with E-state index in [9.17, 15) is 4.39 Å². The van der Waals surface area contributed by atoms with E-state index in [0.29, 0.717) is 31.8 Å². The van der Waals surface area contributed by atoms with Gasteiger partial charge in [-0.2, -0.15) is 5.26 Å². The van der Waals surface area contributed by atoms with Crippen LogP contribution in [0.4, 0.5) is 4.39 Å². The summed E-state index contributed by atoms with van der Waals surface area (Å²) in [5.41, 5.74) is 0. The third kappa shape index (κ3) is 4.16. The van der Waals surface area contributed by atoms with Gasteiger partial charge >= 0.3 is 0 Å². The summed E-state index contributed by atoms with van der Waals surface area (Å²) < 4.78 is 19.2. The highest BCUT2D eigenvalue weighted by atomic mass is 32.1. The molecule has 0 bridgehead atoms. The standard InChI is InChI=1S/C16H19FN4OS/c1-20(10-15-3-2-14(7-18)22-15)9-13-6-12(17)8-21(13)11-16-19-4-5-23-16/h2-5,12-13H,6,8-11H2,1H3/t12-,13-/m0/s1. The topological polar surface area (TPSA) is 56.3 Å². The number of nitrogens with zero attached hydrogens (tertiary/aromatic N) is 4. The van der Waals surface area contributed by atoms with Gasteiger partial charge in [-0.1, -0.05) is 0 Å². The molecule has 122 valence electrons. The van der Waals surface area contributed by atoms with Crippen LogP contribution in [-0.2, 0) is 13.1 Å². The summed E-state index contributed by atoms with van der Waals surface area (Å²) in [7, 11) is 1.99. The Labute approximate surface area is 138 Å². The minimum atomic E-state index is -0.776. The van der Waals surface area contributed by atoms with Crippen LogP contribution in [0.15, 0.2) is 28.1 Å². The van der Waals surface area contributed by atoms with E-state index in [1.165, 1.54) is 0 Å². The molecule has 3 heterocycles. The summed E-state index contributed by atoms with van der Waals surface area (Å²) in [5.74, 6) is 1.08. The summed E-state index contributed by atoms with van der Waals surface area (Å²) in [4.78, 5) is 8.57. The van der Waals surface area contributed by atoms with E-state index in [2.05, 4.69) is 14.8 Å². The fourth-order valence-electron chi connectivity index (χ4n) is 3.02. The molecule has 1 aliphatic rings. The molecule has 2 aromatic rings. The predicted molar refractivity (Wildman–Crippen MR) is 85.6 cm³/mol. The summed E-state index contributed by atoms with van der Waals surface area (Å²) in [5, 5.41) is 11.8. The van der Waals surface area contributed by atoms with E-state index < -0.39 is 6.17 Å². The minimum Gasteiger partial charge on any atom is -0.449 e. The Hall–Kier alpha value is -1.75. The van der Waals surface area contributed by atoms with Crippen molar-refractivity contribution in [2.75, 3.05) is 20.1 Å². The Kier molecular flexibility index (Phi) is 5.06. The lowest BCUT2D eigenvalue weighted by atomic mass is 10.2. The monoisotopic (exact) mass is 334 g/mol. The van der Waals surface area contributed by atoms with Crippen molar-refractivity contribution in [1.29, 1.82) is 5.26 Å². The number of halogens is 1. The second-order valence-electron chi connectivity index (χ2n) is 5.92. The molecule has 5 nitrogen and oxygen atoms in total. The van der Waals surface area contributed by atoms with Gasteiger partial charge in [0.25, 0.3) is 0 Å². The lowest BCUT2D eigenvalue weighted by Gasteiger charge is -2.27. The van der Waals surface area contributed by atoms with Gasteiger partial charge in [-0.3, -0.25) is 9.80 Å². The first kappa shape index (κ1) is 16.1. The number of aromatic nitrogens is 1. The van der Waals surface area contributed by atoms with E-state index >= 15 is 0 Å². The third-order valence-electron chi connectivity index (χ3n) is 4.02. The van der Waals surface area contributed by atoms with E-state index in [1.54, 1.807) is 23.6 Å². The number of furan rings is 1. The zero-order valence-corrected chi connectivity index (χ0v) is 13.8. The number of thiazole rings is 1. The smallest absolute Gasteiger partial charge is 0.203 e. The SMILES string of the molecule is CN(Cc1ccc(C#N)o1)C[C@@H]1C[C@H](F)CN1Cc1nccs1. The molecular weight excluding hydrogens is 315 g/mol. The van der Waals surface area contributed by atoms with Crippen LogP contribution in [0.2, 0.25) is 0 Å². The fraction of sp³-hybridized carbons (Fsp3) is 0.500. The number of rotatable bonds is 6. The normalized spacial score (nSPS) is 21.8. The van der Waals surface area contributed by atoms with Crippen LogP contribution in [0, 0.1) is 11.3 Å². The Bertz CT molecular complexity index is 666. The molecule has 0 saturated carbocycles. The number of nitriles is 1. The highest BCUT2D eigenvalue weighted by molar-refractivity contribution is 7.09. The van der Waals surface area contributed by atoms with E-state index in [1.807, 2.05) is 24.6 Å². The van der Waals surface area contributed by atoms with Gasteiger partial charge < -0.3 is 4.42 Å². The molecule has 3 rings (SSSR count). The molecule has 0 radical (unpaired) electrons. The molecule has 2 aromatic heterocycles. The van der Waals surface area contributed by atoms with Crippen LogP contribution in [-0.4, -0.2) is 47.1 Å². The van der Waals surface area contributed by atoms with Gasteiger partial charge in [-0.05, 0) is 25.6 Å². The molecule has 1 saturated heterocycles. The van der Waals surface area contributed by atoms with Crippen LogP contribution in [0.1, 0.15) is 22.9 Å². The number of hydrogen-bond donors (Lipinski definition) is 0. The Morgan fingerprint density at radius 1 is 1.57 bits per heavy atom. The molecular formula is C16H19FN4OS. The number of alkyl halides is 1. The first-order chi connectivity index (χ1) is 11.1. The van der Waals surface area contributed by atoms with Crippen LogP contribution >= 0.6 is 11.3 Å². The van der Waals surface area contributed by atoms with Crippen LogP contribution < -0.4 is 0 Å². The molecule has 1 aliphatic heterocycles.